The van der Waals surface area contributed by atoms with Crippen molar-refractivity contribution in [2.45, 2.75) is 44.7 Å². The molecule has 1 aliphatic carbocycles. The van der Waals surface area contributed by atoms with Crippen LogP contribution in [-0.2, 0) is 10.3 Å². The molecule has 0 unspecified atom stereocenters. The van der Waals surface area contributed by atoms with Gasteiger partial charge in [-0.2, -0.15) is 0 Å². The van der Waals surface area contributed by atoms with E-state index in [1.807, 2.05) is 27.9 Å². The fourth-order valence-corrected chi connectivity index (χ4v) is 3.73. The molecular formula is C17H24ClFN2O. The second-order valence-corrected chi connectivity index (χ2v) is 7.21. The molecule has 22 heavy (non-hydrogen) atoms. The molecule has 0 aromatic heterocycles. The standard InChI is InChI=1S/C17H24ClFN2O/c1-17(2,13-9-8-11(19)10-14(13)18)20-16(22)12-6-5-7-15(12)21(3)4/h8-10,12,15H,5-7H2,1-4H3,(H,20,22)/t12-,15-/m0/s1. The summed E-state index contributed by atoms with van der Waals surface area (Å²) in [5.41, 5.74) is 0.0877. The first-order valence-electron chi connectivity index (χ1n) is 7.66. The lowest BCUT2D eigenvalue weighted by atomic mass is 9.92. The first kappa shape index (κ1) is 17.2. The molecule has 0 bridgehead atoms. The van der Waals surface area contributed by atoms with Crippen molar-refractivity contribution in [3.05, 3.63) is 34.6 Å². The van der Waals surface area contributed by atoms with Gasteiger partial charge in [0.25, 0.3) is 0 Å². The number of hydrogen-bond donors (Lipinski definition) is 1. The van der Waals surface area contributed by atoms with E-state index in [-0.39, 0.29) is 23.7 Å². The van der Waals surface area contributed by atoms with Crippen LogP contribution in [0.25, 0.3) is 0 Å². The highest BCUT2D eigenvalue weighted by Gasteiger charge is 2.37. The number of nitrogens with zero attached hydrogens (tertiary/aromatic N) is 1. The van der Waals surface area contributed by atoms with Crippen LogP contribution >= 0.6 is 11.6 Å². The third-order valence-corrected chi connectivity index (χ3v) is 4.83. The molecule has 1 N–H and O–H groups in total. The number of benzene rings is 1. The van der Waals surface area contributed by atoms with Gasteiger partial charge >= 0.3 is 0 Å². The van der Waals surface area contributed by atoms with E-state index in [0.717, 1.165) is 24.8 Å². The van der Waals surface area contributed by atoms with Crippen LogP contribution in [0.1, 0.15) is 38.7 Å². The average Bonchev–Trinajstić information content (AvgIpc) is 2.86. The van der Waals surface area contributed by atoms with Crippen LogP contribution in [0.4, 0.5) is 4.39 Å². The second kappa shape index (κ2) is 6.55. The lowest BCUT2D eigenvalue weighted by Crippen LogP contribution is -2.48. The van der Waals surface area contributed by atoms with E-state index < -0.39 is 5.54 Å². The maximum Gasteiger partial charge on any atom is 0.225 e. The molecule has 0 radical (unpaired) electrons. The van der Waals surface area contributed by atoms with Crippen molar-refractivity contribution in [3.8, 4) is 0 Å². The van der Waals surface area contributed by atoms with Crippen molar-refractivity contribution in [2.24, 2.45) is 5.92 Å². The summed E-state index contributed by atoms with van der Waals surface area (Å²) in [7, 11) is 4.02. The van der Waals surface area contributed by atoms with Crippen molar-refractivity contribution in [3.63, 3.8) is 0 Å². The third kappa shape index (κ3) is 3.61. The zero-order chi connectivity index (χ0) is 16.5. The molecule has 0 saturated heterocycles. The van der Waals surface area contributed by atoms with E-state index in [1.54, 1.807) is 6.07 Å². The van der Waals surface area contributed by atoms with Crippen LogP contribution in [-0.4, -0.2) is 30.9 Å². The summed E-state index contributed by atoms with van der Waals surface area (Å²) in [6, 6.07) is 4.56. The molecule has 1 aromatic rings. The Labute approximate surface area is 136 Å². The molecular weight excluding hydrogens is 303 g/mol. The number of nitrogens with one attached hydrogen (secondary N) is 1. The summed E-state index contributed by atoms with van der Waals surface area (Å²) in [6.07, 6.45) is 3.02. The zero-order valence-electron chi connectivity index (χ0n) is 13.6. The van der Waals surface area contributed by atoms with Crippen LogP contribution in [0, 0.1) is 11.7 Å². The Morgan fingerprint density at radius 2 is 2.05 bits per heavy atom. The van der Waals surface area contributed by atoms with E-state index in [9.17, 15) is 9.18 Å². The third-order valence-electron chi connectivity index (χ3n) is 4.52. The number of carbonyl (C=O) groups excluding carboxylic acids is 1. The SMILES string of the molecule is CN(C)[C@H]1CCC[C@@H]1C(=O)NC(C)(C)c1ccc(F)cc1Cl. The molecule has 2 rings (SSSR count). The van der Waals surface area contributed by atoms with Gasteiger partial charge in [0.05, 0.1) is 11.5 Å². The van der Waals surface area contributed by atoms with Crippen LogP contribution in [0.5, 0.6) is 0 Å². The van der Waals surface area contributed by atoms with E-state index in [0.29, 0.717) is 5.02 Å². The van der Waals surface area contributed by atoms with Crippen LogP contribution in [0.2, 0.25) is 5.02 Å². The van der Waals surface area contributed by atoms with Gasteiger partial charge in [-0.15, -0.1) is 0 Å². The molecule has 2 atom stereocenters. The summed E-state index contributed by atoms with van der Waals surface area (Å²) in [5.74, 6) is -0.338. The summed E-state index contributed by atoms with van der Waals surface area (Å²) < 4.78 is 13.2. The van der Waals surface area contributed by atoms with Gasteiger partial charge in [0, 0.05) is 11.1 Å². The van der Waals surface area contributed by atoms with Gasteiger partial charge in [0.1, 0.15) is 5.82 Å². The van der Waals surface area contributed by atoms with Gasteiger partial charge in [-0.05, 0) is 58.5 Å². The minimum absolute atomic E-state index is 0.00602. The Balaban J connectivity index is 2.15. The molecule has 1 fully saturated rings. The Bertz CT molecular complexity index is 560. The highest BCUT2D eigenvalue weighted by Crippen LogP contribution is 2.32. The van der Waals surface area contributed by atoms with E-state index in [2.05, 4.69) is 10.2 Å². The predicted octanol–water partition coefficient (Wildman–Crippen LogP) is 3.56. The Hall–Kier alpha value is -1.13. The fraction of sp³-hybridized carbons (Fsp3) is 0.588. The molecule has 3 nitrogen and oxygen atoms in total. The predicted molar refractivity (Wildman–Crippen MR) is 87.4 cm³/mol. The van der Waals surface area contributed by atoms with Crippen LogP contribution in [0.3, 0.4) is 0 Å². The minimum atomic E-state index is -0.638. The molecule has 0 heterocycles. The monoisotopic (exact) mass is 326 g/mol. The molecule has 1 aromatic carbocycles. The second-order valence-electron chi connectivity index (χ2n) is 6.81. The van der Waals surface area contributed by atoms with Crippen molar-refractivity contribution >= 4 is 17.5 Å². The van der Waals surface area contributed by atoms with Crippen LogP contribution in [0.15, 0.2) is 18.2 Å². The number of hydrogen-bond acceptors (Lipinski definition) is 2. The van der Waals surface area contributed by atoms with Gasteiger partial charge in [-0.25, -0.2) is 4.39 Å². The number of halogens is 2. The summed E-state index contributed by atoms with van der Waals surface area (Å²) in [4.78, 5) is 14.8. The zero-order valence-corrected chi connectivity index (χ0v) is 14.4. The van der Waals surface area contributed by atoms with Crippen molar-refractivity contribution in [1.82, 2.24) is 10.2 Å². The lowest BCUT2D eigenvalue weighted by molar-refractivity contribution is -0.128. The molecule has 0 aliphatic heterocycles. The summed E-state index contributed by atoms with van der Waals surface area (Å²) >= 11 is 6.14. The van der Waals surface area contributed by atoms with Crippen molar-refractivity contribution in [2.75, 3.05) is 14.1 Å². The van der Waals surface area contributed by atoms with E-state index in [4.69, 9.17) is 11.6 Å². The highest BCUT2D eigenvalue weighted by atomic mass is 35.5. The maximum atomic E-state index is 13.2. The Morgan fingerprint density at radius 3 is 2.64 bits per heavy atom. The van der Waals surface area contributed by atoms with Gasteiger partial charge in [0.15, 0.2) is 0 Å². The van der Waals surface area contributed by atoms with Crippen LogP contribution < -0.4 is 5.32 Å². The summed E-state index contributed by atoms with van der Waals surface area (Å²) in [6.45, 7) is 3.78. The molecule has 1 amide bonds. The molecule has 5 heteroatoms. The molecule has 0 spiro atoms. The fourth-order valence-electron chi connectivity index (χ4n) is 3.33. The number of amides is 1. The van der Waals surface area contributed by atoms with Gasteiger partial charge in [-0.1, -0.05) is 24.1 Å². The van der Waals surface area contributed by atoms with E-state index in [1.165, 1.54) is 12.1 Å². The van der Waals surface area contributed by atoms with Crippen molar-refractivity contribution < 1.29 is 9.18 Å². The molecule has 1 saturated carbocycles. The first-order chi connectivity index (χ1) is 10.2. The Kier molecular flexibility index (Phi) is 5.13. The number of rotatable bonds is 4. The molecule has 122 valence electrons. The smallest absolute Gasteiger partial charge is 0.225 e. The quantitative estimate of drug-likeness (QED) is 0.917. The maximum absolute atomic E-state index is 13.2. The summed E-state index contributed by atoms with van der Waals surface area (Å²) in [5, 5.41) is 3.42. The van der Waals surface area contributed by atoms with E-state index >= 15 is 0 Å². The minimum Gasteiger partial charge on any atom is -0.347 e. The van der Waals surface area contributed by atoms with Gasteiger partial charge in [-0.3, -0.25) is 4.79 Å². The normalized spacial score (nSPS) is 22.1. The lowest BCUT2D eigenvalue weighted by Gasteiger charge is -2.32. The van der Waals surface area contributed by atoms with Crippen molar-refractivity contribution in [1.29, 1.82) is 0 Å². The highest BCUT2D eigenvalue weighted by molar-refractivity contribution is 6.31. The van der Waals surface area contributed by atoms with Gasteiger partial charge in [0.2, 0.25) is 5.91 Å². The average molecular weight is 327 g/mol. The van der Waals surface area contributed by atoms with Gasteiger partial charge < -0.3 is 10.2 Å². The Morgan fingerprint density at radius 1 is 1.36 bits per heavy atom. The first-order valence-corrected chi connectivity index (χ1v) is 8.04. The number of carbonyl (C=O) groups is 1. The molecule has 1 aliphatic rings. The largest absolute Gasteiger partial charge is 0.347 e. The topological polar surface area (TPSA) is 32.3 Å².